The molecule has 2 aromatic rings. The molecule has 0 bridgehead atoms. The molecule has 0 unspecified atom stereocenters. The summed E-state index contributed by atoms with van der Waals surface area (Å²) in [5.74, 6) is 0. The standard InChI is InChI=1S/C20H20/c1-3-5-12-17(11-4-2)19-15-9-10-16-20(19)18-13-7-6-8-14-18/h3-4,6-10,12-16H,1-2,5,11H2/b17-12-. The van der Waals surface area contributed by atoms with Gasteiger partial charge >= 0.3 is 0 Å². The Kier molecular flexibility index (Phi) is 5.14. The Hall–Kier alpha value is -2.34. The second-order valence-corrected chi connectivity index (χ2v) is 4.66. The first-order valence-corrected chi connectivity index (χ1v) is 6.92. The van der Waals surface area contributed by atoms with Crippen LogP contribution in [0.5, 0.6) is 0 Å². The fraction of sp³-hybridized carbons (Fsp3) is 0.100. The molecule has 100 valence electrons. The summed E-state index contributed by atoms with van der Waals surface area (Å²) in [4.78, 5) is 0. The SMILES string of the molecule is C=CC/C=C(/CC=C)c1ccccc1-c1ccccc1. The highest BCUT2D eigenvalue weighted by atomic mass is 14.1. The average Bonchev–Trinajstić information content (AvgIpc) is 2.52. The fourth-order valence-electron chi connectivity index (χ4n) is 2.32. The molecule has 0 aromatic heterocycles. The third-order valence-corrected chi connectivity index (χ3v) is 3.25. The van der Waals surface area contributed by atoms with Gasteiger partial charge in [0.1, 0.15) is 0 Å². The van der Waals surface area contributed by atoms with Crippen molar-refractivity contribution in [2.75, 3.05) is 0 Å². The number of hydrogen-bond donors (Lipinski definition) is 0. The lowest BCUT2D eigenvalue weighted by molar-refractivity contribution is 1.33. The molecule has 0 amide bonds. The summed E-state index contributed by atoms with van der Waals surface area (Å²) in [6.07, 6.45) is 7.87. The van der Waals surface area contributed by atoms with E-state index in [0.717, 1.165) is 12.8 Å². The molecular weight excluding hydrogens is 240 g/mol. The Balaban J connectivity index is 2.50. The zero-order chi connectivity index (χ0) is 14.2. The van der Waals surface area contributed by atoms with Crippen molar-refractivity contribution < 1.29 is 0 Å². The van der Waals surface area contributed by atoms with Crippen molar-refractivity contribution in [2.24, 2.45) is 0 Å². The van der Waals surface area contributed by atoms with E-state index in [1.807, 2.05) is 18.2 Å². The molecule has 0 aliphatic carbocycles. The summed E-state index contributed by atoms with van der Waals surface area (Å²) >= 11 is 0. The number of hydrogen-bond acceptors (Lipinski definition) is 0. The molecule has 0 heteroatoms. The van der Waals surface area contributed by atoms with Gasteiger partial charge in [0, 0.05) is 0 Å². The third kappa shape index (κ3) is 3.36. The van der Waals surface area contributed by atoms with E-state index in [1.54, 1.807) is 0 Å². The fourth-order valence-corrected chi connectivity index (χ4v) is 2.32. The van der Waals surface area contributed by atoms with E-state index in [4.69, 9.17) is 0 Å². The van der Waals surface area contributed by atoms with Crippen molar-refractivity contribution in [1.29, 1.82) is 0 Å². The minimum Gasteiger partial charge on any atom is -0.103 e. The molecule has 0 aliphatic rings. The molecule has 0 radical (unpaired) electrons. The van der Waals surface area contributed by atoms with Gasteiger partial charge in [0.2, 0.25) is 0 Å². The van der Waals surface area contributed by atoms with Crippen LogP contribution >= 0.6 is 0 Å². The first-order chi connectivity index (χ1) is 9.86. The Morgan fingerprint density at radius 3 is 2.25 bits per heavy atom. The molecular formula is C20H20. The van der Waals surface area contributed by atoms with Crippen LogP contribution in [0.4, 0.5) is 0 Å². The monoisotopic (exact) mass is 260 g/mol. The smallest absolute Gasteiger partial charge is 0.00970 e. The van der Waals surface area contributed by atoms with Crippen molar-refractivity contribution >= 4 is 5.57 Å². The van der Waals surface area contributed by atoms with E-state index in [2.05, 4.69) is 67.8 Å². The molecule has 0 atom stereocenters. The molecule has 0 N–H and O–H groups in total. The van der Waals surface area contributed by atoms with Gasteiger partial charge in [0.05, 0.1) is 0 Å². The summed E-state index contributed by atoms with van der Waals surface area (Å²) in [5, 5.41) is 0. The molecule has 20 heavy (non-hydrogen) atoms. The molecule has 0 fully saturated rings. The van der Waals surface area contributed by atoms with Crippen molar-refractivity contribution in [2.45, 2.75) is 12.8 Å². The van der Waals surface area contributed by atoms with Gasteiger partial charge in [0.25, 0.3) is 0 Å². The molecule has 0 saturated carbocycles. The summed E-state index contributed by atoms with van der Waals surface area (Å²) in [7, 11) is 0. The highest BCUT2D eigenvalue weighted by Crippen LogP contribution is 2.30. The van der Waals surface area contributed by atoms with Gasteiger partial charge in [-0.1, -0.05) is 72.8 Å². The van der Waals surface area contributed by atoms with E-state index < -0.39 is 0 Å². The van der Waals surface area contributed by atoms with Crippen molar-refractivity contribution in [3.05, 3.63) is 91.5 Å². The van der Waals surface area contributed by atoms with Crippen molar-refractivity contribution in [3.63, 3.8) is 0 Å². The van der Waals surface area contributed by atoms with Crippen LogP contribution < -0.4 is 0 Å². The first kappa shape index (κ1) is 14.1. The van der Waals surface area contributed by atoms with E-state index in [-0.39, 0.29) is 0 Å². The van der Waals surface area contributed by atoms with Crippen LogP contribution in [0, 0.1) is 0 Å². The second-order valence-electron chi connectivity index (χ2n) is 4.66. The van der Waals surface area contributed by atoms with Gasteiger partial charge in [-0.15, -0.1) is 13.2 Å². The van der Waals surface area contributed by atoms with Gasteiger partial charge in [-0.25, -0.2) is 0 Å². The minimum atomic E-state index is 0.873. The highest BCUT2D eigenvalue weighted by Gasteiger charge is 2.07. The molecule has 0 heterocycles. The average molecular weight is 260 g/mol. The normalized spacial score (nSPS) is 11.1. The Morgan fingerprint density at radius 1 is 0.850 bits per heavy atom. The molecule has 2 aromatic carbocycles. The van der Waals surface area contributed by atoms with E-state index in [9.17, 15) is 0 Å². The van der Waals surface area contributed by atoms with Gasteiger partial charge in [-0.05, 0) is 35.1 Å². The first-order valence-electron chi connectivity index (χ1n) is 6.92. The van der Waals surface area contributed by atoms with Crippen LogP contribution in [0.15, 0.2) is 86.0 Å². The number of allylic oxidation sites excluding steroid dienone is 4. The Bertz CT molecular complexity index is 603. The van der Waals surface area contributed by atoms with Crippen LogP contribution in [-0.2, 0) is 0 Å². The van der Waals surface area contributed by atoms with Gasteiger partial charge in [-0.3, -0.25) is 0 Å². The predicted molar refractivity (Wildman–Crippen MR) is 89.5 cm³/mol. The largest absolute Gasteiger partial charge is 0.103 e. The lowest BCUT2D eigenvalue weighted by Crippen LogP contribution is -1.89. The van der Waals surface area contributed by atoms with Gasteiger partial charge in [0.15, 0.2) is 0 Å². The maximum atomic E-state index is 3.87. The lowest BCUT2D eigenvalue weighted by atomic mass is 9.92. The summed E-state index contributed by atoms with van der Waals surface area (Å²) in [6, 6.07) is 19.0. The van der Waals surface area contributed by atoms with Crippen LogP contribution in [0.2, 0.25) is 0 Å². The minimum absolute atomic E-state index is 0.873. The van der Waals surface area contributed by atoms with E-state index >= 15 is 0 Å². The zero-order valence-corrected chi connectivity index (χ0v) is 11.8. The zero-order valence-electron chi connectivity index (χ0n) is 11.8. The van der Waals surface area contributed by atoms with Crippen molar-refractivity contribution in [3.8, 4) is 11.1 Å². The van der Waals surface area contributed by atoms with Gasteiger partial charge in [-0.2, -0.15) is 0 Å². The Morgan fingerprint density at radius 2 is 1.55 bits per heavy atom. The Labute approximate surface area is 121 Å². The van der Waals surface area contributed by atoms with Crippen molar-refractivity contribution in [1.82, 2.24) is 0 Å². The third-order valence-electron chi connectivity index (χ3n) is 3.25. The van der Waals surface area contributed by atoms with Crippen LogP contribution in [-0.4, -0.2) is 0 Å². The van der Waals surface area contributed by atoms with Gasteiger partial charge < -0.3 is 0 Å². The topological polar surface area (TPSA) is 0 Å². The predicted octanol–water partition coefficient (Wildman–Crippen LogP) is 5.89. The molecule has 0 spiro atoms. The number of benzene rings is 2. The lowest BCUT2D eigenvalue weighted by Gasteiger charge is -2.12. The maximum Gasteiger partial charge on any atom is -0.00970 e. The quantitative estimate of drug-likeness (QED) is 0.568. The molecule has 0 nitrogen and oxygen atoms in total. The maximum absolute atomic E-state index is 3.87. The summed E-state index contributed by atoms with van der Waals surface area (Å²) in [5.41, 5.74) is 5.10. The second kappa shape index (κ2) is 7.30. The summed E-state index contributed by atoms with van der Waals surface area (Å²) < 4.78 is 0. The number of rotatable bonds is 6. The molecule has 0 aliphatic heterocycles. The molecule has 2 rings (SSSR count). The van der Waals surface area contributed by atoms with E-state index in [1.165, 1.54) is 22.3 Å². The van der Waals surface area contributed by atoms with E-state index in [0.29, 0.717) is 0 Å². The van der Waals surface area contributed by atoms with Crippen LogP contribution in [0.25, 0.3) is 16.7 Å². The summed E-state index contributed by atoms with van der Waals surface area (Å²) in [6.45, 7) is 7.67. The van der Waals surface area contributed by atoms with Crippen LogP contribution in [0.3, 0.4) is 0 Å². The van der Waals surface area contributed by atoms with Crippen LogP contribution in [0.1, 0.15) is 18.4 Å². The highest BCUT2D eigenvalue weighted by molar-refractivity contribution is 5.81. The molecule has 0 saturated heterocycles.